The van der Waals surface area contributed by atoms with Crippen LogP contribution in [-0.4, -0.2) is 25.5 Å². The zero-order valence-corrected chi connectivity index (χ0v) is 8.39. The summed E-state index contributed by atoms with van der Waals surface area (Å²) in [6.45, 7) is 0.590. The van der Waals surface area contributed by atoms with Gasteiger partial charge in [-0.05, 0) is 12.8 Å². The lowest BCUT2D eigenvalue weighted by atomic mass is 9.95. The largest absolute Gasteiger partial charge is 0.388 e. The van der Waals surface area contributed by atoms with Gasteiger partial charge >= 0.3 is 0 Å². The Morgan fingerprint density at radius 3 is 2.50 bits per heavy atom. The molecule has 78 valence electrons. The van der Waals surface area contributed by atoms with E-state index in [1.54, 1.807) is 11.0 Å². The van der Waals surface area contributed by atoms with Crippen LogP contribution in [-0.2, 0) is 6.54 Å². The van der Waals surface area contributed by atoms with Crippen molar-refractivity contribution in [2.75, 3.05) is 0 Å². The van der Waals surface area contributed by atoms with Crippen molar-refractivity contribution in [2.45, 2.75) is 50.7 Å². The Morgan fingerprint density at radius 2 is 1.93 bits per heavy atom. The van der Waals surface area contributed by atoms with E-state index in [0.29, 0.717) is 6.54 Å². The fourth-order valence-electron chi connectivity index (χ4n) is 2.16. The summed E-state index contributed by atoms with van der Waals surface area (Å²) in [4.78, 5) is 3.88. The highest BCUT2D eigenvalue weighted by Crippen LogP contribution is 2.27. The minimum absolute atomic E-state index is 0.551. The summed E-state index contributed by atoms with van der Waals surface area (Å²) >= 11 is 0. The Morgan fingerprint density at radius 1 is 1.21 bits per heavy atom. The van der Waals surface area contributed by atoms with Crippen molar-refractivity contribution in [2.24, 2.45) is 0 Å². The van der Waals surface area contributed by atoms with Crippen molar-refractivity contribution in [3.63, 3.8) is 0 Å². The lowest BCUT2D eigenvalue weighted by molar-refractivity contribution is 0.00487. The van der Waals surface area contributed by atoms with E-state index in [1.165, 1.54) is 19.2 Å². The highest BCUT2D eigenvalue weighted by Gasteiger charge is 2.28. The third-order valence-corrected chi connectivity index (χ3v) is 2.96. The first kappa shape index (κ1) is 9.65. The smallest absolute Gasteiger partial charge is 0.137 e. The predicted molar refractivity (Wildman–Crippen MR) is 52.7 cm³/mol. The molecule has 1 aliphatic rings. The summed E-state index contributed by atoms with van der Waals surface area (Å²) in [5.74, 6) is 0. The first-order chi connectivity index (χ1) is 6.79. The molecule has 0 atom stereocenters. The minimum Gasteiger partial charge on any atom is -0.388 e. The topological polar surface area (TPSA) is 50.9 Å². The molecule has 14 heavy (non-hydrogen) atoms. The molecule has 0 aliphatic heterocycles. The van der Waals surface area contributed by atoms with Gasteiger partial charge in [0.2, 0.25) is 0 Å². The average Bonchev–Trinajstić information content (AvgIpc) is 2.55. The molecule has 4 nitrogen and oxygen atoms in total. The zero-order chi connectivity index (χ0) is 9.86. The van der Waals surface area contributed by atoms with Gasteiger partial charge in [-0.25, -0.2) is 4.98 Å². The molecule has 1 heterocycles. The molecular formula is C10H17N3O. The normalized spacial score (nSPS) is 21.8. The summed E-state index contributed by atoms with van der Waals surface area (Å²) in [5, 5.41) is 14.4. The van der Waals surface area contributed by atoms with E-state index < -0.39 is 5.60 Å². The molecule has 1 saturated carbocycles. The van der Waals surface area contributed by atoms with Crippen LogP contribution in [0.3, 0.4) is 0 Å². The molecule has 1 aromatic heterocycles. The number of hydrogen-bond acceptors (Lipinski definition) is 3. The van der Waals surface area contributed by atoms with Crippen LogP contribution in [0.15, 0.2) is 12.7 Å². The highest BCUT2D eigenvalue weighted by molar-refractivity contribution is 4.81. The Kier molecular flexibility index (Phi) is 2.82. The molecule has 0 saturated heterocycles. The summed E-state index contributed by atoms with van der Waals surface area (Å²) in [6, 6.07) is 0. The van der Waals surface area contributed by atoms with Gasteiger partial charge in [-0.2, -0.15) is 5.10 Å². The molecule has 1 fully saturated rings. The molecule has 0 aromatic carbocycles. The van der Waals surface area contributed by atoms with E-state index in [1.807, 2.05) is 0 Å². The van der Waals surface area contributed by atoms with Crippen LogP contribution in [0.25, 0.3) is 0 Å². The second-order valence-corrected chi connectivity index (χ2v) is 4.23. The zero-order valence-electron chi connectivity index (χ0n) is 8.39. The summed E-state index contributed by atoms with van der Waals surface area (Å²) in [5.41, 5.74) is -0.551. The van der Waals surface area contributed by atoms with E-state index in [2.05, 4.69) is 10.1 Å². The van der Waals surface area contributed by atoms with E-state index in [-0.39, 0.29) is 0 Å². The van der Waals surface area contributed by atoms with Crippen LogP contribution >= 0.6 is 0 Å². The van der Waals surface area contributed by atoms with Crippen molar-refractivity contribution in [3.8, 4) is 0 Å². The maximum Gasteiger partial charge on any atom is 0.137 e. The molecule has 0 amide bonds. The number of aromatic nitrogens is 3. The first-order valence-corrected chi connectivity index (χ1v) is 5.33. The Labute approximate surface area is 84.0 Å². The van der Waals surface area contributed by atoms with E-state index in [9.17, 15) is 5.11 Å². The van der Waals surface area contributed by atoms with E-state index in [4.69, 9.17) is 0 Å². The van der Waals surface area contributed by atoms with Crippen molar-refractivity contribution >= 4 is 0 Å². The Bertz CT molecular complexity index is 263. The Hall–Kier alpha value is -0.900. The number of hydrogen-bond donors (Lipinski definition) is 1. The molecule has 0 spiro atoms. The molecule has 1 N–H and O–H groups in total. The SMILES string of the molecule is OC1(Cn2cncn2)CCCCCC1. The first-order valence-electron chi connectivity index (χ1n) is 5.33. The van der Waals surface area contributed by atoms with Gasteiger partial charge in [-0.1, -0.05) is 25.7 Å². The monoisotopic (exact) mass is 195 g/mol. The van der Waals surface area contributed by atoms with E-state index >= 15 is 0 Å². The molecule has 1 aromatic rings. The predicted octanol–water partition coefficient (Wildman–Crippen LogP) is 1.36. The molecule has 0 unspecified atom stereocenters. The van der Waals surface area contributed by atoms with Crippen LogP contribution in [0.5, 0.6) is 0 Å². The maximum absolute atomic E-state index is 10.3. The van der Waals surface area contributed by atoms with Gasteiger partial charge in [0.05, 0.1) is 12.1 Å². The number of aliphatic hydroxyl groups is 1. The van der Waals surface area contributed by atoms with Crippen LogP contribution < -0.4 is 0 Å². The summed E-state index contributed by atoms with van der Waals surface area (Å²) in [6.07, 6.45) is 9.73. The van der Waals surface area contributed by atoms with Gasteiger partial charge in [0.25, 0.3) is 0 Å². The molecule has 0 bridgehead atoms. The number of rotatable bonds is 2. The van der Waals surface area contributed by atoms with Gasteiger partial charge in [0.15, 0.2) is 0 Å². The van der Waals surface area contributed by atoms with Crippen LogP contribution in [0.4, 0.5) is 0 Å². The summed E-state index contributed by atoms with van der Waals surface area (Å²) < 4.78 is 1.73. The second-order valence-electron chi connectivity index (χ2n) is 4.23. The van der Waals surface area contributed by atoms with Crippen LogP contribution in [0.2, 0.25) is 0 Å². The van der Waals surface area contributed by atoms with Crippen molar-refractivity contribution in [1.29, 1.82) is 0 Å². The van der Waals surface area contributed by atoms with Gasteiger partial charge < -0.3 is 5.11 Å². The lowest BCUT2D eigenvalue weighted by Crippen LogP contribution is -2.33. The molecule has 0 radical (unpaired) electrons. The van der Waals surface area contributed by atoms with Gasteiger partial charge in [0.1, 0.15) is 12.7 Å². The van der Waals surface area contributed by atoms with Crippen LogP contribution in [0, 0.1) is 0 Å². The minimum atomic E-state index is -0.551. The van der Waals surface area contributed by atoms with Gasteiger partial charge in [0, 0.05) is 0 Å². The number of nitrogens with zero attached hydrogens (tertiary/aromatic N) is 3. The van der Waals surface area contributed by atoms with Crippen molar-refractivity contribution in [3.05, 3.63) is 12.7 Å². The quantitative estimate of drug-likeness (QED) is 0.725. The molecule has 4 heteroatoms. The highest BCUT2D eigenvalue weighted by atomic mass is 16.3. The van der Waals surface area contributed by atoms with Gasteiger partial charge in [-0.15, -0.1) is 0 Å². The Balaban J connectivity index is 1.99. The molecular weight excluding hydrogens is 178 g/mol. The van der Waals surface area contributed by atoms with Crippen LogP contribution in [0.1, 0.15) is 38.5 Å². The molecule has 1 aliphatic carbocycles. The maximum atomic E-state index is 10.3. The second kappa shape index (κ2) is 4.09. The van der Waals surface area contributed by atoms with Crippen molar-refractivity contribution < 1.29 is 5.11 Å². The summed E-state index contributed by atoms with van der Waals surface area (Å²) in [7, 11) is 0. The average molecular weight is 195 g/mol. The fraction of sp³-hybridized carbons (Fsp3) is 0.800. The van der Waals surface area contributed by atoms with Crippen molar-refractivity contribution in [1.82, 2.24) is 14.8 Å². The lowest BCUT2D eigenvalue weighted by Gasteiger charge is -2.25. The molecule has 2 rings (SSSR count). The third-order valence-electron chi connectivity index (χ3n) is 2.96. The standard InChI is InChI=1S/C10H17N3O/c14-10(5-3-1-2-4-6-10)7-13-9-11-8-12-13/h8-9,14H,1-7H2. The van der Waals surface area contributed by atoms with Gasteiger partial charge in [-0.3, -0.25) is 4.68 Å². The van der Waals surface area contributed by atoms with E-state index in [0.717, 1.165) is 25.7 Å². The third kappa shape index (κ3) is 2.32. The fourth-order valence-corrected chi connectivity index (χ4v) is 2.16.